The van der Waals surface area contributed by atoms with Crippen molar-refractivity contribution in [3.8, 4) is 0 Å². The lowest BCUT2D eigenvalue weighted by atomic mass is 9.88. The number of nitrogens with zero attached hydrogens (tertiary/aromatic N) is 2. The van der Waals surface area contributed by atoms with Crippen molar-refractivity contribution in [1.29, 1.82) is 0 Å². The molecule has 1 fully saturated rings. The van der Waals surface area contributed by atoms with E-state index in [1.807, 2.05) is 26.0 Å². The minimum atomic E-state index is -1.01. The number of fused-ring (bicyclic) bond motifs is 1. The molecule has 2 aromatic carbocycles. The molecule has 180 valence electrons. The molecule has 1 aliphatic heterocycles. The number of halogens is 1. The van der Waals surface area contributed by atoms with Gasteiger partial charge in [0, 0.05) is 14.1 Å². The first-order valence-electron chi connectivity index (χ1n) is 11.8. The van der Waals surface area contributed by atoms with E-state index in [0.29, 0.717) is 24.8 Å². The monoisotopic (exact) mass is 465 g/mol. The Morgan fingerprint density at radius 1 is 1.06 bits per heavy atom. The van der Waals surface area contributed by atoms with Crippen LogP contribution in [0.4, 0.5) is 4.39 Å². The van der Waals surface area contributed by atoms with Gasteiger partial charge in [-0.2, -0.15) is 0 Å². The Morgan fingerprint density at radius 2 is 1.65 bits per heavy atom. The van der Waals surface area contributed by atoms with Gasteiger partial charge in [0.1, 0.15) is 23.9 Å². The van der Waals surface area contributed by atoms with Crippen LogP contribution in [0.5, 0.6) is 0 Å². The molecule has 2 aliphatic rings. The van der Waals surface area contributed by atoms with E-state index < -0.39 is 23.9 Å². The third-order valence-electron chi connectivity index (χ3n) is 6.84. The third-order valence-corrected chi connectivity index (χ3v) is 6.84. The first kappa shape index (κ1) is 23.9. The lowest BCUT2D eigenvalue weighted by molar-refractivity contribution is -0.159. The molecule has 0 saturated carbocycles. The number of benzene rings is 2. The molecule has 34 heavy (non-hydrogen) atoms. The quantitative estimate of drug-likeness (QED) is 0.713. The fourth-order valence-electron chi connectivity index (χ4n) is 5.19. The molecule has 0 spiro atoms. The Bertz CT molecular complexity index is 1060. The predicted molar refractivity (Wildman–Crippen MR) is 127 cm³/mol. The molecule has 3 atom stereocenters. The van der Waals surface area contributed by atoms with Crippen molar-refractivity contribution in [2.75, 3.05) is 14.1 Å². The van der Waals surface area contributed by atoms with E-state index in [4.69, 9.17) is 0 Å². The fraction of sp³-hybridized carbons (Fsp3) is 0.444. The maximum Gasteiger partial charge on any atom is 0.249 e. The summed E-state index contributed by atoms with van der Waals surface area (Å²) in [6.07, 6.45) is 1.81. The number of amides is 3. The minimum absolute atomic E-state index is 0.0836. The van der Waals surface area contributed by atoms with Crippen LogP contribution >= 0.6 is 0 Å². The Morgan fingerprint density at radius 3 is 2.18 bits per heavy atom. The van der Waals surface area contributed by atoms with E-state index >= 15 is 0 Å². The van der Waals surface area contributed by atoms with E-state index in [1.54, 1.807) is 14.1 Å². The molecular weight excluding hydrogens is 433 g/mol. The van der Waals surface area contributed by atoms with Gasteiger partial charge in [-0.3, -0.25) is 14.4 Å². The Labute approximate surface area is 200 Å². The summed E-state index contributed by atoms with van der Waals surface area (Å²) in [7, 11) is 3.24. The molecule has 0 bridgehead atoms. The first-order chi connectivity index (χ1) is 16.2. The van der Waals surface area contributed by atoms with Gasteiger partial charge in [0.25, 0.3) is 0 Å². The molecule has 3 unspecified atom stereocenters. The Balaban J connectivity index is 1.75. The zero-order valence-corrected chi connectivity index (χ0v) is 20.1. The summed E-state index contributed by atoms with van der Waals surface area (Å²) in [5.74, 6) is -1.21. The number of carbonyl (C=O) groups is 3. The highest BCUT2D eigenvalue weighted by atomic mass is 19.1. The molecule has 1 saturated heterocycles. The molecule has 4 rings (SSSR count). The summed E-state index contributed by atoms with van der Waals surface area (Å²) in [5, 5.41) is 3.00. The van der Waals surface area contributed by atoms with Crippen LogP contribution in [0.1, 0.15) is 43.0 Å². The van der Waals surface area contributed by atoms with Crippen molar-refractivity contribution in [2.24, 2.45) is 11.8 Å². The standard InChI is InChI=1S/C27H32FN3O3/c1-16(2)13-22-25(32)29-23(20-14-18-7-5-6-8-19(18)15-20)26(33)31(22)24(27(34)30(3)4)17-9-11-21(28)12-10-17/h5-12,16,20,22-24H,13-15H2,1-4H3,(H,29,32). The molecule has 1 aliphatic carbocycles. The normalized spacial score (nSPS) is 21.4. The summed E-state index contributed by atoms with van der Waals surface area (Å²) < 4.78 is 13.7. The van der Waals surface area contributed by atoms with Crippen LogP contribution < -0.4 is 5.32 Å². The average molecular weight is 466 g/mol. The van der Waals surface area contributed by atoms with Gasteiger partial charge in [-0.15, -0.1) is 0 Å². The predicted octanol–water partition coefficient (Wildman–Crippen LogP) is 3.11. The average Bonchev–Trinajstić information content (AvgIpc) is 3.22. The van der Waals surface area contributed by atoms with E-state index in [2.05, 4.69) is 17.4 Å². The lowest BCUT2D eigenvalue weighted by Gasteiger charge is -2.45. The van der Waals surface area contributed by atoms with Crippen LogP contribution in [0.15, 0.2) is 48.5 Å². The van der Waals surface area contributed by atoms with Gasteiger partial charge >= 0.3 is 0 Å². The molecule has 1 heterocycles. The van der Waals surface area contributed by atoms with Gasteiger partial charge in [0.2, 0.25) is 17.7 Å². The largest absolute Gasteiger partial charge is 0.347 e. The van der Waals surface area contributed by atoms with Crippen molar-refractivity contribution < 1.29 is 18.8 Å². The third kappa shape index (κ3) is 4.56. The second-order valence-corrected chi connectivity index (χ2v) is 10.0. The maximum atomic E-state index is 14.1. The molecule has 0 aromatic heterocycles. The van der Waals surface area contributed by atoms with Crippen molar-refractivity contribution in [3.05, 3.63) is 71.0 Å². The second kappa shape index (κ2) is 9.57. The Kier molecular flexibility index (Phi) is 6.73. The molecule has 1 N–H and O–H groups in total. The summed E-state index contributed by atoms with van der Waals surface area (Å²) >= 11 is 0. The number of nitrogens with one attached hydrogen (secondary N) is 1. The van der Waals surface area contributed by atoms with Crippen molar-refractivity contribution in [2.45, 2.75) is 51.2 Å². The molecule has 2 aromatic rings. The van der Waals surface area contributed by atoms with Crippen LogP contribution in [-0.2, 0) is 27.2 Å². The number of carbonyl (C=O) groups excluding carboxylic acids is 3. The Hall–Kier alpha value is -3.22. The van der Waals surface area contributed by atoms with E-state index in [9.17, 15) is 18.8 Å². The van der Waals surface area contributed by atoms with E-state index in [1.165, 1.54) is 45.2 Å². The summed E-state index contributed by atoms with van der Waals surface area (Å²) in [4.78, 5) is 43.8. The van der Waals surface area contributed by atoms with E-state index in [0.717, 1.165) is 0 Å². The first-order valence-corrected chi connectivity index (χ1v) is 11.8. The van der Waals surface area contributed by atoms with Crippen molar-refractivity contribution in [1.82, 2.24) is 15.1 Å². The minimum Gasteiger partial charge on any atom is -0.347 e. The number of rotatable bonds is 6. The van der Waals surface area contributed by atoms with Crippen molar-refractivity contribution >= 4 is 17.7 Å². The summed E-state index contributed by atoms with van der Waals surface area (Å²) in [6.45, 7) is 3.96. The summed E-state index contributed by atoms with van der Waals surface area (Å²) in [5.41, 5.74) is 2.86. The second-order valence-electron chi connectivity index (χ2n) is 10.0. The van der Waals surface area contributed by atoms with Gasteiger partial charge in [-0.25, -0.2) is 4.39 Å². The fourth-order valence-corrected chi connectivity index (χ4v) is 5.19. The van der Waals surface area contributed by atoms with Gasteiger partial charge < -0.3 is 15.1 Å². The summed E-state index contributed by atoms with van der Waals surface area (Å²) in [6, 6.07) is 11.2. The molecule has 3 amide bonds. The van der Waals surface area contributed by atoms with Gasteiger partial charge in [0.15, 0.2) is 0 Å². The number of hydrogen-bond donors (Lipinski definition) is 1. The number of likely N-dealkylation sites (N-methyl/N-ethyl adjacent to an activating group) is 1. The SMILES string of the molecule is CC(C)CC1C(=O)NC(C2Cc3ccccc3C2)C(=O)N1C(C(=O)N(C)C)c1ccc(F)cc1. The van der Waals surface area contributed by atoms with Crippen LogP contribution in [-0.4, -0.2) is 53.7 Å². The van der Waals surface area contributed by atoms with E-state index in [-0.39, 0.29) is 29.6 Å². The zero-order valence-electron chi connectivity index (χ0n) is 20.1. The molecule has 7 heteroatoms. The lowest BCUT2D eigenvalue weighted by Crippen LogP contribution is -2.67. The highest BCUT2D eigenvalue weighted by Crippen LogP contribution is 2.35. The van der Waals surface area contributed by atoms with Crippen LogP contribution in [0.2, 0.25) is 0 Å². The molecule has 0 radical (unpaired) electrons. The highest BCUT2D eigenvalue weighted by Gasteiger charge is 2.49. The van der Waals surface area contributed by atoms with Crippen molar-refractivity contribution in [3.63, 3.8) is 0 Å². The van der Waals surface area contributed by atoms with Crippen LogP contribution in [0, 0.1) is 17.7 Å². The maximum absolute atomic E-state index is 14.1. The van der Waals surface area contributed by atoms with Gasteiger partial charge in [-0.05, 0) is 59.9 Å². The van der Waals surface area contributed by atoms with Gasteiger partial charge in [0.05, 0.1) is 0 Å². The van der Waals surface area contributed by atoms with Crippen LogP contribution in [0.25, 0.3) is 0 Å². The molecule has 6 nitrogen and oxygen atoms in total. The van der Waals surface area contributed by atoms with Crippen LogP contribution in [0.3, 0.4) is 0 Å². The number of hydrogen-bond acceptors (Lipinski definition) is 3. The zero-order chi connectivity index (χ0) is 24.6. The smallest absolute Gasteiger partial charge is 0.249 e. The van der Waals surface area contributed by atoms with Gasteiger partial charge in [-0.1, -0.05) is 50.2 Å². The number of piperazine rings is 1. The highest BCUT2D eigenvalue weighted by molar-refractivity contribution is 6.00. The topological polar surface area (TPSA) is 69.7 Å². The molecular formula is C27H32FN3O3.